The van der Waals surface area contributed by atoms with Gasteiger partial charge in [-0.25, -0.2) is 4.79 Å². The van der Waals surface area contributed by atoms with Crippen LogP contribution in [0.25, 0.3) is 0 Å². The molecule has 1 heterocycles. The summed E-state index contributed by atoms with van der Waals surface area (Å²) in [4.78, 5) is 13.2. The first-order valence-corrected chi connectivity index (χ1v) is 7.70. The van der Waals surface area contributed by atoms with Gasteiger partial charge in [-0.05, 0) is 36.0 Å². The van der Waals surface area contributed by atoms with Crippen LogP contribution in [0.2, 0.25) is 0 Å². The normalized spacial score (nSPS) is 16.5. The van der Waals surface area contributed by atoms with Crippen molar-refractivity contribution in [2.45, 2.75) is 10.4 Å². The number of hydrogen-bond donors (Lipinski definition) is 1. The summed E-state index contributed by atoms with van der Waals surface area (Å²) >= 11 is -0.209. The van der Waals surface area contributed by atoms with Gasteiger partial charge >= 0.3 is 11.5 Å². The van der Waals surface area contributed by atoms with E-state index in [0.29, 0.717) is 19.8 Å². The van der Waals surface area contributed by atoms with Crippen LogP contribution < -0.4 is 4.90 Å². The SMILES string of the molecule is O=C(OCC[NH+]1CCOCC1)c1ccc(SC(F)(F)F)cc1. The molecule has 0 unspecified atom stereocenters. The number of hydrogen-bond acceptors (Lipinski definition) is 4. The third-order valence-corrected chi connectivity index (χ3v) is 3.95. The minimum atomic E-state index is -4.33. The Morgan fingerprint density at radius 2 is 1.86 bits per heavy atom. The molecule has 0 saturated carbocycles. The van der Waals surface area contributed by atoms with Crippen LogP contribution in [0.15, 0.2) is 29.2 Å². The average molecular weight is 336 g/mol. The van der Waals surface area contributed by atoms with Crippen molar-refractivity contribution in [2.75, 3.05) is 39.5 Å². The molecular formula is C14H17F3NO3S+. The number of quaternary nitrogens is 1. The summed E-state index contributed by atoms with van der Waals surface area (Å²) in [5.74, 6) is -0.517. The molecule has 1 fully saturated rings. The standard InChI is InChI=1S/C14H16F3NO3S/c15-14(16,17)22-12-3-1-11(2-4-12)13(19)21-10-7-18-5-8-20-9-6-18/h1-4H,5-10H2/p+1. The fraction of sp³-hybridized carbons (Fsp3) is 0.500. The Kier molecular flexibility index (Phi) is 6.10. The second-order valence-electron chi connectivity index (χ2n) is 4.82. The molecule has 0 aliphatic carbocycles. The fourth-order valence-electron chi connectivity index (χ4n) is 2.07. The Balaban J connectivity index is 1.77. The summed E-state index contributed by atoms with van der Waals surface area (Å²) < 4.78 is 47.0. The van der Waals surface area contributed by atoms with E-state index in [1.54, 1.807) is 0 Å². The monoisotopic (exact) mass is 336 g/mol. The zero-order valence-corrected chi connectivity index (χ0v) is 12.6. The van der Waals surface area contributed by atoms with Crippen molar-refractivity contribution in [3.63, 3.8) is 0 Å². The van der Waals surface area contributed by atoms with Crippen LogP contribution in [0.4, 0.5) is 13.2 Å². The summed E-state index contributed by atoms with van der Waals surface area (Å²) in [5.41, 5.74) is -4.08. The van der Waals surface area contributed by atoms with Gasteiger partial charge in [-0.1, -0.05) is 0 Å². The predicted octanol–water partition coefficient (Wildman–Crippen LogP) is 1.37. The molecule has 0 atom stereocenters. The molecule has 1 aromatic carbocycles. The number of nitrogens with one attached hydrogen (secondary N) is 1. The first-order valence-electron chi connectivity index (χ1n) is 6.88. The van der Waals surface area contributed by atoms with Gasteiger partial charge in [0, 0.05) is 4.90 Å². The molecule has 0 spiro atoms. The molecule has 4 nitrogen and oxygen atoms in total. The summed E-state index contributed by atoms with van der Waals surface area (Å²) in [6.07, 6.45) is 0. The lowest BCUT2D eigenvalue weighted by Crippen LogP contribution is -3.14. The number of esters is 1. The van der Waals surface area contributed by atoms with Crippen molar-refractivity contribution in [1.29, 1.82) is 0 Å². The van der Waals surface area contributed by atoms with Crippen LogP contribution in [0.5, 0.6) is 0 Å². The molecule has 0 bridgehead atoms. The maximum atomic E-state index is 12.2. The van der Waals surface area contributed by atoms with E-state index in [9.17, 15) is 18.0 Å². The highest BCUT2D eigenvalue weighted by atomic mass is 32.2. The van der Waals surface area contributed by atoms with E-state index < -0.39 is 11.5 Å². The lowest BCUT2D eigenvalue weighted by atomic mass is 10.2. The van der Waals surface area contributed by atoms with Crippen molar-refractivity contribution >= 4 is 17.7 Å². The predicted molar refractivity (Wildman–Crippen MR) is 75.0 cm³/mol. The number of morpholine rings is 1. The molecule has 0 amide bonds. The summed E-state index contributed by atoms with van der Waals surface area (Å²) in [6.45, 7) is 4.19. The molecule has 0 radical (unpaired) electrons. The Bertz CT molecular complexity index is 487. The van der Waals surface area contributed by atoms with Gasteiger partial charge in [0.1, 0.15) is 26.2 Å². The molecule has 2 rings (SSSR count). The Labute approximate surface area is 130 Å². The number of benzene rings is 1. The quantitative estimate of drug-likeness (QED) is 0.651. The maximum absolute atomic E-state index is 12.2. The zero-order valence-electron chi connectivity index (χ0n) is 11.8. The highest BCUT2D eigenvalue weighted by Crippen LogP contribution is 2.36. The molecule has 22 heavy (non-hydrogen) atoms. The number of carbonyl (C=O) groups excluding carboxylic acids is 1. The van der Waals surface area contributed by atoms with E-state index in [1.807, 2.05) is 0 Å². The van der Waals surface area contributed by atoms with Gasteiger partial charge in [0.2, 0.25) is 0 Å². The van der Waals surface area contributed by atoms with E-state index in [4.69, 9.17) is 9.47 Å². The fourth-order valence-corrected chi connectivity index (χ4v) is 2.61. The average Bonchev–Trinajstić information content (AvgIpc) is 2.47. The van der Waals surface area contributed by atoms with Gasteiger partial charge in [-0.2, -0.15) is 13.2 Å². The largest absolute Gasteiger partial charge is 0.456 e. The van der Waals surface area contributed by atoms with Gasteiger partial charge in [-0.15, -0.1) is 0 Å². The molecule has 0 aromatic heterocycles. The second-order valence-corrected chi connectivity index (χ2v) is 5.96. The van der Waals surface area contributed by atoms with E-state index in [-0.39, 0.29) is 28.8 Å². The topological polar surface area (TPSA) is 40.0 Å². The maximum Gasteiger partial charge on any atom is 0.446 e. The second kappa shape index (κ2) is 7.85. The third-order valence-electron chi connectivity index (χ3n) is 3.21. The summed E-state index contributed by atoms with van der Waals surface area (Å²) in [5, 5.41) is 0. The van der Waals surface area contributed by atoms with Gasteiger partial charge < -0.3 is 14.4 Å². The lowest BCUT2D eigenvalue weighted by molar-refractivity contribution is -0.908. The smallest absolute Gasteiger partial charge is 0.446 e. The van der Waals surface area contributed by atoms with Crippen LogP contribution >= 0.6 is 11.8 Å². The molecule has 1 aliphatic heterocycles. The first-order chi connectivity index (χ1) is 10.4. The van der Waals surface area contributed by atoms with Gasteiger partial charge in [0.15, 0.2) is 0 Å². The Morgan fingerprint density at radius 3 is 2.45 bits per heavy atom. The van der Waals surface area contributed by atoms with Crippen molar-refractivity contribution in [3.8, 4) is 0 Å². The Morgan fingerprint density at radius 1 is 1.23 bits per heavy atom. The van der Waals surface area contributed by atoms with Crippen molar-refractivity contribution in [3.05, 3.63) is 29.8 Å². The van der Waals surface area contributed by atoms with Crippen LogP contribution in [-0.4, -0.2) is 50.9 Å². The van der Waals surface area contributed by atoms with Gasteiger partial charge in [0.25, 0.3) is 0 Å². The number of ether oxygens (including phenoxy) is 2. The molecular weight excluding hydrogens is 319 g/mol. The van der Waals surface area contributed by atoms with Crippen LogP contribution in [0.1, 0.15) is 10.4 Å². The van der Waals surface area contributed by atoms with E-state index in [0.717, 1.165) is 13.1 Å². The summed E-state index contributed by atoms with van der Waals surface area (Å²) in [7, 11) is 0. The van der Waals surface area contributed by atoms with E-state index in [2.05, 4.69) is 0 Å². The molecule has 1 aromatic rings. The zero-order chi connectivity index (χ0) is 16.0. The van der Waals surface area contributed by atoms with E-state index >= 15 is 0 Å². The van der Waals surface area contributed by atoms with Crippen molar-refractivity contribution < 1.29 is 32.3 Å². The van der Waals surface area contributed by atoms with Crippen molar-refractivity contribution in [2.24, 2.45) is 0 Å². The van der Waals surface area contributed by atoms with E-state index in [1.165, 1.54) is 29.2 Å². The minimum absolute atomic E-state index is 0.0433. The van der Waals surface area contributed by atoms with Crippen LogP contribution in [0.3, 0.4) is 0 Å². The lowest BCUT2D eigenvalue weighted by Gasteiger charge is -2.23. The molecule has 8 heteroatoms. The number of carbonyl (C=O) groups is 1. The van der Waals surface area contributed by atoms with Crippen LogP contribution in [0, 0.1) is 0 Å². The third kappa shape index (κ3) is 5.86. The number of alkyl halides is 3. The molecule has 1 saturated heterocycles. The minimum Gasteiger partial charge on any atom is -0.456 e. The van der Waals surface area contributed by atoms with Crippen LogP contribution in [-0.2, 0) is 9.47 Å². The molecule has 1 aliphatic rings. The number of halogens is 3. The van der Waals surface area contributed by atoms with Crippen molar-refractivity contribution in [1.82, 2.24) is 0 Å². The highest BCUT2D eigenvalue weighted by Gasteiger charge is 2.29. The number of thioether (sulfide) groups is 1. The summed E-state index contributed by atoms with van der Waals surface area (Å²) in [6, 6.07) is 5.22. The van der Waals surface area contributed by atoms with Gasteiger partial charge in [0.05, 0.1) is 18.8 Å². The Hall–Kier alpha value is -1.25. The molecule has 122 valence electrons. The highest BCUT2D eigenvalue weighted by molar-refractivity contribution is 8.00. The number of rotatable bonds is 5. The van der Waals surface area contributed by atoms with Gasteiger partial charge in [-0.3, -0.25) is 0 Å². The first kappa shape index (κ1) is 17.1. The molecule has 1 N–H and O–H groups in total.